The highest BCUT2D eigenvalue weighted by atomic mass is 16.5. The van der Waals surface area contributed by atoms with Gasteiger partial charge in [-0.15, -0.1) is 0 Å². The monoisotopic (exact) mass is 257 g/mol. The Bertz CT molecular complexity index is 832. The van der Waals surface area contributed by atoms with E-state index >= 15 is 0 Å². The van der Waals surface area contributed by atoms with Gasteiger partial charge in [0.1, 0.15) is 5.56 Å². The topological polar surface area (TPSA) is 76.5 Å². The average Bonchev–Trinajstić information content (AvgIpc) is 2.85. The summed E-state index contributed by atoms with van der Waals surface area (Å²) in [6, 6.07) is 7.25. The van der Waals surface area contributed by atoms with Crippen LogP contribution in [0.15, 0.2) is 35.3 Å². The third-order valence-electron chi connectivity index (χ3n) is 2.88. The van der Waals surface area contributed by atoms with E-state index < -0.39 is 5.97 Å². The molecule has 2 heterocycles. The van der Waals surface area contributed by atoms with E-state index in [1.807, 2.05) is 18.2 Å². The van der Waals surface area contributed by atoms with Crippen LogP contribution in [0, 0.1) is 0 Å². The number of aromatic amines is 1. The van der Waals surface area contributed by atoms with Gasteiger partial charge in [0.15, 0.2) is 0 Å². The van der Waals surface area contributed by atoms with Crippen LogP contribution >= 0.6 is 0 Å². The van der Waals surface area contributed by atoms with Crippen LogP contribution in [0.5, 0.6) is 0 Å². The van der Waals surface area contributed by atoms with E-state index in [1.165, 1.54) is 10.7 Å². The molecular formula is C13H11N3O3. The summed E-state index contributed by atoms with van der Waals surface area (Å²) < 4.78 is 6.15. The fourth-order valence-electron chi connectivity index (χ4n) is 2.09. The average molecular weight is 257 g/mol. The van der Waals surface area contributed by atoms with Crippen LogP contribution in [0.4, 0.5) is 0 Å². The van der Waals surface area contributed by atoms with E-state index in [-0.39, 0.29) is 12.3 Å². The highest BCUT2D eigenvalue weighted by Crippen LogP contribution is 2.20. The molecule has 0 aliphatic carbocycles. The Morgan fingerprint density at radius 2 is 2.21 bits per heavy atom. The van der Waals surface area contributed by atoms with Crippen molar-refractivity contribution in [3.63, 3.8) is 0 Å². The smallest absolute Gasteiger partial charge is 0.347 e. The summed E-state index contributed by atoms with van der Waals surface area (Å²) in [6.07, 6.45) is 1.36. The van der Waals surface area contributed by atoms with Crippen molar-refractivity contribution in [1.29, 1.82) is 0 Å². The van der Waals surface area contributed by atoms with Gasteiger partial charge in [0, 0.05) is 5.39 Å². The maximum atomic E-state index is 11.9. The molecule has 0 spiro atoms. The number of ether oxygens (including phenoxy) is 1. The number of carbonyl (C=O) groups is 1. The van der Waals surface area contributed by atoms with Crippen LogP contribution in [0.25, 0.3) is 16.4 Å². The van der Waals surface area contributed by atoms with E-state index in [9.17, 15) is 9.59 Å². The highest BCUT2D eigenvalue weighted by molar-refractivity contribution is 6.06. The van der Waals surface area contributed by atoms with Gasteiger partial charge in [0.25, 0.3) is 0 Å². The van der Waals surface area contributed by atoms with Crippen molar-refractivity contribution in [2.45, 2.75) is 6.92 Å². The lowest BCUT2D eigenvalue weighted by molar-refractivity contribution is 0.0528. The SMILES string of the molecule is CCOC(=O)c1cnn2c(=O)[nH]c3ccccc3c12. The van der Waals surface area contributed by atoms with E-state index in [4.69, 9.17) is 4.74 Å². The molecule has 1 N–H and O–H groups in total. The molecule has 0 amide bonds. The predicted octanol–water partition coefficient (Wildman–Crippen LogP) is 1.35. The zero-order chi connectivity index (χ0) is 13.4. The second-order valence-electron chi connectivity index (χ2n) is 4.01. The molecular weight excluding hydrogens is 246 g/mol. The van der Waals surface area contributed by atoms with Crippen molar-refractivity contribution in [2.75, 3.05) is 6.61 Å². The summed E-state index contributed by atoms with van der Waals surface area (Å²) in [6.45, 7) is 2.01. The minimum Gasteiger partial charge on any atom is -0.462 e. The van der Waals surface area contributed by atoms with E-state index in [0.29, 0.717) is 16.6 Å². The Morgan fingerprint density at radius 1 is 1.42 bits per heavy atom. The van der Waals surface area contributed by atoms with Crippen LogP contribution in [-0.4, -0.2) is 27.2 Å². The standard InChI is InChI=1S/C13H11N3O3/c1-2-19-12(17)9-7-14-16-11(9)8-5-3-4-6-10(8)15-13(16)18/h3-7H,2H2,1H3,(H,15,18). The number of esters is 1. The molecule has 96 valence electrons. The molecule has 6 heteroatoms. The van der Waals surface area contributed by atoms with Crippen LogP contribution in [0.3, 0.4) is 0 Å². The summed E-state index contributed by atoms with van der Waals surface area (Å²) in [7, 11) is 0. The molecule has 0 fully saturated rings. The number of para-hydroxylation sites is 1. The van der Waals surface area contributed by atoms with Crippen LogP contribution in [0.1, 0.15) is 17.3 Å². The van der Waals surface area contributed by atoms with E-state index in [1.54, 1.807) is 13.0 Å². The van der Waals surface area contributed by atoms with Gasteiger partial charge in [-0.1, -0.05) is 18.2 Å². The summed E-state index contributed by atoms with van der Waals surface area (Å²) in [4.78, 5) is 26.5. The second kappa shape index (κ2) is 4.24. The first-order valence-electron chi connectivity index (χ1n) is 5.88. The zero-order valence-corrected chi connectivity index (χ0v) is 10.2. The van der Waals surface area contributed by atoms with E-state index in [0.717, 1.165) is 5.39 Å². The first kappa shape index (κ1) is 11.5. The van der Waals surface area contributed by atoms with Gasteiger partial charge >= 0.3 is 11.7 Å². The van der Waals surface area contributed by atoms with Crippen LogP contribution < -0.4 is 5.69 Å². The van der Waals surface area contributed by atoms with Crippen molar-refractivity contribution in [1.82, 2.24) is 14.6 Å². The lowest BCUT2D eigenvalue weighted by atomic mass is 10.1. The molecule has 6 nitrogen and oxygen atoms in total. The number of carbonyl (C=O) groups excluding carboxylic acids is 1. The molecule has 0 bridgehead atoms. The number of H-pyrrole nitrogens is 1. The Hall–Kier alpha value is -2.63. The fourth-order valence-corrected chi connectivity index (χ4v) is 2.09. The molecule has 0 radical (unpaired) electrons. The lowest BCUT2D eigenvalue weighted by Crippen LogP contribution is -2.17. The fraction of sp³-hybridized carbons (Fsp3) is 0.154. The summed E-state index contributed by atoms with van der Waals surface area (Å²) in [5.41, 5.74) is 1.04. The number of benzene rings is 1. The molecule has 0 saturated carbocycles. The van der Waals surface area contributed by atoms with Crippen molar-refractivity contribution >= 4 is 22.4 Å². The van der Waals surface area contributed by atoms with Gasteiger partial charge in [0.05, 0.1) is 23.8 Å². The number of hydrogen-bond acceptors (Lipinski definition) is 4. The normalized spacial score (nSPS) is 11.0. The largest absolute Gasteiger partial charge is 0.462 e. The zero-order valence-electron chi connectivity index (χ0n) is 10.2. The predicted molar refractivity (Wildman–Crippen MR) is 69.3 cm³/mol. The maximum absolute atomic E-state index is 11.9. The second-order valence-corrected chi connectivity index (χ2v) is 4.01. The Balaban J connectivity index is 2.43. The number of hydrogen-bond donors (Lipinski definition) is 1. The number of nitrogens with one attached hydrogen (secondary N) is 1. The maximum Gasteiger partial charge on any atom is 0.347 e. The quantitative estimate of drug-likeness (QED) is 0.703. The Kier molecular flexibility index (Phi) is 2.56. The van der Waals surface area contributed by atoms with Gasteiger partial charge in [-0.2, -0.15) is 9.61 Å². The number of aromatic nitrogens is 3. The molecule has 2 aromatic heterocycles. The van der Waals surface area contributed by atoms with Crippen LogP contribution in [0.2, 0.25) is 0 Å². The third-order valence-corrected chi connectivity index (χ3v) is 2.88. The van der Waals surface area contributed by atoms with Crippen molar-refractivity contribution in [3.05, 3.63) is 46.5 Å². The summed E-state index contributed by atoms with van der Waals surface area (Å²) in [5, 5.41) is 4.70. The summed E-state index contributed by atoms with van der Waals surface area (Å²) >= 11 is 0. The molecule has 0 unspecified atom stereocenters. The van der Waals surface area contributed by atoms with Crippen molar-refractivity contribution < 1.29 is 9.53 Å². The molecule has 0 saturated heterocycles. The number of nitrogens with zero attached hydrogens (tertiary/aromatic N) is 2. The summed E-state index contributed by atoms with van der Waals surface area (Å²) in [5.74, 6) is -0.478. The van der Waals surface area contributed by atoms with Crippen LogP contribution in [-0.2, 0) is 4.74 Å². The van der Waals surface area contributed by atoms with E-state index in [2.05, 4.69) is 10.1 Å². The molecule has 0 aliphatic heterocycles. The molecule has 0 aliphatic rings. The Morgan fingerprint density at radius 3 is 3.00 bits per heavy atom. The van der Waals surface area contributed by atoms with Gasteiger partial charge in [0.2, 0.25) is 0 Å². The minimum absolute atomic E-state index is 0.275. The first-order valence-corrected chi connectivity index (χ1v) is 5.88. The third kappa shape index (κ3) is 1.69. The van der Waals surface area contributed by atoms with Crippen molar-refractivity contribution in [3.8, 4) is 0 Å². The van der Waals surface area contributed by atoms with Crippen molar-refractivity contribution in [2.24, 2.45) is 0 Å². The van der Waals surface area contributed by atoms with Gasteiger partial charge < -0.3 is 9.72 Å². The molecule has 3 rings (SSSR count). The number of rotatable bonds is 2. The molecule has 1 aromatic carbocycles. The number of fused-ring (bicyclic) bond motifs is 3. The first-order chi connectivity index (χ1) is 9.22. The minimum atomic E-state index is -0.478. The van der Waals surface area contributed by atoms with Gasteiger partial charge in [-0.3, -0.25) is 0 Å². The molecule has 3 aromatic rings. The van der Waals surface area contributed by atoms with Gasteiger partial charge in [-0.25, -0.2) is 9.59 Å². The lowest BCUT2D eigenvalue weighted by Gasteiger charge is -2.03. The highest BCUT2D eigenvalue weighted by Gasteiger charge is 2.17. The Labute approximate surface area is 107 Å². The molecule has 19 heavy (non-hydrogen) atoms. The van der Waals surface area contributed by atoms with Gasteiger partial charge in [-0.05, 0) is 13.0 Å². The molecule has 0 atom stereocenters.